The topological polar surface area (TPSA) is 175 Å². The van der Waals surface area contributed by atoms with Crippen molar-refractivity contribution in [3.63, 3.8) is 0 Å². The van der Waals surface area contributed by atoms with E-state index in [2.05, 4.69) is 6.07 Å². The van der Waals surface area contributed by atoms with Crippen molar-refractivity contribution in [3.05, 3.63) is 133 Å². The molecule has 0 saturated heterocycles. The van der Waals surface area contributed by atoms with Crippen molar-refractivity contribution in [3.8, 4) is 79.4 Å². The first-order valence-electron chi connectivity index (χ1n) is 18.7. The minimum absolute atomic E-state index is 0.0109. The van der Waals surface area contributed by atoms with Gasteiger partial charge < -0.3 is 45.3 Å². The molecular weight excluding hydrogens is 745 g/mol. The summed E-state index contributed by atoms with van der Waals surface area (Å²) in [6, 6.07) is 41.8. The number of furan rings is 1. The molecule has 0 atom stereocenters. The highest BCUT2D eigenvalue weighted by molar-refractivity contribution is 6.29. The molecule has 11 aromatic rings. The minimum Gasteiger partial charge on any atom is -0.504 e. The Bertz CT molecular complexity index is 3580. The Hall–Kier alpha value is -8.30. The zero-order valence-electron chi connectivity index (χ0n) is 30.7. The van der Waals surface area contributed by atoms with Crippen LogP contribution in [0.5, 0.6) is 46.0 Å². The van der Waals surface area contributed by atoms with E-state index < -0.39 is 46.0 Å². The van der Waals surface area contributed by atoms with Crippen molar-refractivity contribution in [1.82, 2.24) is 0 Å². The zero-order chi connectivity index (χ0) is 40.4. The molecule has 0 fully saturated rings. The fourth-order valence-electron chi connectivity index (χ4n) is 8.98. The van der Waals surface area contributed by atoms with Gasteiger partial charge >= 0.3 is 0 Å². The van der Waals surface area contributed by atoms with Gasteiger partial charge in [0.2, 0.25) is 23.0 Å². The van der Waals surface area contributed by atoms with Crippen LogP contribution in [0.3, 0.4) is 0 Å². The van der Waals surface area contributed by atoms with Gasteiger partial charge in [0.15, 0.2) is 23.0 Å². The average molecular weight is 775 g/mol. The number of aromatic hydroxyl groups is 8. The maximum atomic E-state index is 11.8. The number of rotatable bonds is 3. The minimum atomic E-state index is -1.03. The second-order valence-electron chi connectivity index (χ2n) is 14.8. The molecule has 0 radical (unpaired) electrons. The summed E-state index contributed by atoms with van der Waals surface area (Å²) in [6.45, 7) is 0. The third kappa shape index (κ3) is 4.61. The van der Waals surface area contributed by atoms with E-state index in [1.165, 1.54) is 0 Å². The smallest absolute Gasteiger partial charge is 0.204 e. The average Bonchev–Trinajstić information content (AvgIpc) is 3.67. The van der Waals surface area contributed by atoms with Crippen molar-refractivity contribution in [2.24, 2.45) is 0 Å². The number of phenolic OH excluding ortho intramolecular Hbond substituents is 8. The molecule has 11 rings (SSSR count). The fourth-order valence-corrected chi connectivity index (χ4v) is 8.98. The van der Waals surface area contributed by atoms with E-state index in [4.69, 9.17) is 4.42 Å². The standard InChI is InChI=1S/C50H30O9/c51-42-38-35(27-17-15-23-7-1-2-9-26(23)21-27)39-41(45(54)49(58)47(56)43(39)52)36(40(38)44(53)48(57)46(42)55)28-18-16-25-10-5-12-30(33(25)22-28)31-13-6-14-34-37(31)32-20-19-24-8-3-4-11-29(24)50(32)59-34/h1-22,51-58H. The van der Waals surface area contributed by atoms with Gasteiger partial charge in [-0.1, -0.05) is 109 Å². The van der Waals surface area contributed by atoms with Gasteiger partial charge in [-0.3, -0.25) is 0 Å². The molecule has 0 unspecified atom stereocenters. The summed E-state index contributed by atoms with van der Waals surface area (Å²) in [4.78, 5) is 0. The lowest BCUT2D eigenvalue weighted by atomic mass is 9.82. The number of hydrogen-bond donors (Lipinski definition) is 8. The molecule has 9 heteroatoms. The molecule has 9 nitrogen and oxygen atoms in total. The van der Waals surface area contributed by atoms with Gasteiger partial charge in [-0.15, -0.1) is 0 Å². The van der Waals surface area contributed by atoms with Crippen molar-refractivity contribution in [2.75, 3.05) is 0 Å². The maximum Gasteiger partial charge on any atom is 0.204 e. The van der Waals surface area contributed by atoms with E-state index in [9.17, 15) is 40.9 Å². The highest BCUT2D eigenvalue weighted by atomic mass is 16.4. The Labute approximate surface area is 333 Å². The molecule has 0 bridgehead atoms. The first kappa shape index (κ1) is 34.0. The Kier molecular flexibility index (Phi) is 6.97. The zero-order valence-corrected chi connectivity index (χ0v) is 30.7. The Morgan fingerprint density at radius 3 is 1.42 bits per heavy atom. The van der Waals surface area contributed by atoms with E-state index in [1.54, 1.807) is 24.3 Å². The summed E-state index contributed by atoms with van der Waals surface area (Å²) in [7, 11) is 0. The molecule has 0 amide bonds. The lowest BCUT2D eigenvalue weighted by molar-refractivity contribution is 0.350. The summed E-state index contributed by atoms with van der Waals surface area (Å²) < 4.78 is 6.50. The SMILES string of the molecule is Oc1c(O)c(O)c2c(-c3ccc4cccc(-c5cccc6oc7c8ccccc8ccc7c56)c4c3)c3c(O)c(O)c(O)c(O)c3c(-c3ccc4ccccc4c3)c2c1O. The predicted molar refractivity (Wildman–Crippen MR) is 231 cm³/mol. The fraction of sp³-hybridized carbons (Fsp3) is 0. The molecule has 0 aliphatic heterocycles. The lowest BCUT2D eigenvalue weighted by Crippen LogP contribution is -1.95. The Balaban J connectivity index is 1.28. The second kappa shape index (κ2) is 12.1. The first-order chi connectivity index (χ1) is 28.6. The van der Waals surface area contributed by atoms with Crippen LogP contribution in [-0.4, -0.2) is 40.9 Å². The van der Waals surface area contributed by atoms with E-state index in [-0.39, 0.29) is 32.7 Å². The molecule has 0 spiro atoms. The summed E-state index contributed by atoms with van der Waals surface area (Å²) >= 11 is 0. The van der Waals surface area contributed by atoms with Crippen LogP contribution >= 0.6 is 0 Å². The van der Waals surface area contributed by atoms with Crippen LogP contribution in [0.4, 0.5) is 0 Å². The predicted octanol–water partition coefficient (Wildman–Crippen LogP) is 12.0. The van der Waals surface area contributed by atoms with Crippen LogP contribution in [0.15, 0.2) is 138 Å². The largest absolute Gasteiger partial charge is 0.504 e. The molecule has 1 aromatic heterocycles. The lowest BCUT2D eigenvalue weighted by Gasteiger charge is -2.23. The maximum absolute atomic E-state index is 11.8. The van der Waals surface area contributed by atoms with E-state index >= 15 is 0 Å². The second-order valence-corrected chi connectivity index (χ2v) is 14.8. The van der Waals surface area contributed by atoms with Gasteiger partial charge in [0.05, 0.1) is 0 Å². The highest BCUT2D eigenvalue weighted by Crippen LogP contribution is 2.62. The third-order valence-corrected chi connectivity index (χ3v) is 11.7. The molecule has 0 saturated carbocycles. The van der Waals surface area contributed by atoms with Gasteiger partial charge in [0, 0.05) is 48.8 Å². The van der Waals surface area contributed by atoms with Crippen LogP contribution in [0.1, 0.15) is 0 Å². The van der Waals surface area contributed by atoms with Gasteiger partial charge in [-0.2, -0.15) is 0 Å². The van der Waals surface area contributed by atoms with E-state index in [0.717, 1.165) is 59.8 Å². The molecule has 284 valence electrons. The van der Waals surface area contributed by atoms with Gasteiger partial charge in [-0.05, 0) is 73.5 Å². The summed E-state index contributed by atoms with van der Waals surface area (Å²) in [6.07, 6.45) is 0. The van der Waals surface area contributed by atoms with Gasteiger partial charge in [-0.25, -0.2) is 0 Å². The number of benzene rings is 10. The van der Waals surface area contributed by atoms with Crippen LogP contribution in [0.2, 0.25) is 0 Å². The summed E-state index contributed by atoms with van der Waals surface area (Å²) in [5, 5.41) is 97.5. The third-order valence-electron chi connectivity index (χ3n) is 11.7. The molecule has 59 heavy (non-hydrogen) atoms. The molecule has 10 aromatic carbocycles. The summed E-state index contributed by atoms with van der Waals surface area (Å²) in [5.74, 6) is -7.45. The molecular formula is C50H30O9. The number of fused-ring (bicyclic) bond motifs is 9. The van der Waals surface area contributed by atoms with Crippen LogP contribution in [0.25, 0.3) is 109 Å². The normalized spacial score (nSPS) is 11.9. The van der Waals surface area contributed by atoms with Crippen LogP contribution < -0.4 is 0 Å². The number of phenols is 8. The van der Waals surface area contributed by atoms with E-state index in [0.29, 0.717) is 16.7 Å². The molecule has 8 N–H and O–H groups in total. The van der Waals surface area contributed by atoms with Crippen molar-refractivity contribution >= 4 is 75.8 Å². The first-order valence-corrected chi connectivity index (χ1v) is 18.7. The summed E-state index contributed by atoms with van der Waals surface area (Å²) in [5.41, 5.74) is 3.75. The molecule has 0 aliphatic rings. The quantitative estimate of drug-likeness (QED) is 0.0493. The Morgan fingerprint density at radius 2 is 0.780 bits per heavy atom. The highest BCUT2D eigenvalue weighted by Gasteiger charge is 2.32. The molecule has 0 aliphatic carbocycles. The monoisotopic (exact) mass is 774 g/mol. The van der Waals surface area contributed by atoms with E-state index in [1.807, 2.05) is 103 Å². The number of hydrogen-bond acceptors (Lipinski definition) is 9. The van der Waals surface area contributed by atoms with Crippen molar-refractivity contribution < 1.29 is 45.3 Å². The van der Waals surface area contributed by atoms with Crippen molar-refractivity contribution in [1.29, 1.82) is 0 Å². The molecule has 1 heterocycles. The van der Waals surface area contributed by atoms with Gasteiger partial charge in [0.25, 0.3) is 0 Å². The van der Waals surface area contributed by atoms with Gasteiger partial charge in [0.1, 0.15) is 11.2 Å². The van der Waals surface area contributed by atoms with Crippen LogP contribution in [-0.2, 0) is 0 Å². The van der Waals surface area contributed by atoms with Crippen LogP contribution in [0, 0.1) is 0 Å². The Morgan fingerprint density at radius 1 is 0.305 bits per heavy atom. The van der Waals surface area contributed by atoms with Crippen molar-refractivity contribution in [2.45, 2.75) is 0 Å².